The molecule has 0 radical (unpaired) electrons. The fourth-order valence-corrected chi connectivity index (χ4v) is 5.45. The van der Waals surface area contributed by atoms with E-state index in [0.29, 0.717) is 36.9 Å². The standard InChI is InChI=1S/C33H43N7O5/c1-33(2,3)20-27(41)37-24(19-21-11-5-4-6-12-21)31(44)40-18-10-15-25(40)29(43)38-23(14-9-17-36-32(34)35)28(42)30-39-22-13-7-8-16-26(22)45-30/h4-8,11-13,16,23-25H,9-10,14-15,17-20H2,1-3H3,(H,37,41)(H,38,43)(H4,34,35,36)/t23-,24+,25-/m0/s1. The van der Waals surface area contributed by atoms with Crippen LogP contribution in [0.25, 0.3) is 11.1 Å². The molecule has 1 aliphatic rings. The first kappa shape index (κ1) is 33.2. The summed E-state index contributed by atoms with van der Waals surface area (Å²) in [5, 5.41) is 5.78. The van der Waals surface area contributed by atoms with Crippen molar-refractivity contribution < 1.29 is 23.6 Å². The number of para-hydroxylation sites is 2. The second-order valence-electron chi connectivity index (χ2n) is 12.6. The maximum Gasteiger partial charge on any atom is 0.266 e. The molecule has 0 aliphatic carbocycles. The van der Waals surface area contributed by atoms with E-state index in [1.165, 1.54) is 4.90 Å². The number of aliphatic imine (C=N–C) groups is 1. The summed E-state index contributed by atoms with van der Waals surface area (Å²) >= 11 is 0. The largest absolute Gasteiger partial charge is 0.434 e. The number of ketones is 1. The van der Waals surface area contributed by atoms with Crippen LogP contribution < -0.4 is 22.1 Å². The average molecular weight is 618 g/mol. The van der Waals surface area contributed by atoms with Crippen LogP contribution in [0.15, 0.2) is 64.0 Å². The summed E-state index contributed by atoms with van der Waals surface area (Å²) in [6.45, 7) is 6.48. The normalized spacial score (nSPS) is 16.2. The molecule has 1 saturated heterocycles. The Morgan fingerprint density at radius 2 is 1.73 bits per heavy atom. The Morgan fingerprint density at radius 1 is 1.02 bits per heavy atom. The SMILES string of the molecule is CC(C)(C)CC(=O)N[C@H](Cc1ccccc1)C(=O)N1CCC[C@H]1C(=O)N[C@@H](CCCN=C(N)N)C(=O)c1nc2ccccc2o1. The molecule has 45 heavy (non-hydrogen) atoms. The minimum absolute atomic E-state index is 0.0689. The molecule has 2 heterocycles. The molecule has 0 bridgehead atoms. The number of nitrogens with one attached hydrogen (secondary N) is 2. The van der Waals surface area contributed by atoms with Crippen LogP contribution in [0, 0.1) is 5.41 Å². The molecule has 12 nitrogen and oxygen atoms in total. The van der Waals surface area contributed by atoms with Gasteiger partial charge in [-0.1, -0.05) is 63.2 Å². The number of carbonyl (C=O) groups is 4. The highest BCUT2D eigenvalue weighted by Gasteiger charge is 2.39. The van der Waals surface area contributed by atoms with Crippen molar-refractivity contribution in [2.75, 3.05) is 13.1 Å². The molecule has 12 heteroatoms. The van der Waals surface area contributed by atoms with Crippen molar-refractivity contribution in [3.05, 3.63) is 66.1 Å². The van der Waals surface area contributed by atoms with Crippen molar-refractivity contribution in [3.8, 4) is 0 Å². The summed E-state index contributed by atoms with van der Waals surface area (Å²) in [6, 6.07) is 13.8. The summed E-state index contributed by atoms with van der Waals surface area (Å²) in [5.41, 5.74) is 12.5. The van der Waals surface area contributed by atoms with Crippen LogP contribution in [-0.2, 0) is 20.8 Å². The predicted octanol–water partition coefficient (Wildman–Crippen LogP) is 2.70. The third kappa shape index (κ3) is 9.37. The average Bonchev–Trinajstić information content (AvgIpc) is 3.65. The zero-order valence-electron chi connectivity index (χ0n) is 26.1. The minimum Gasteiger partial charge on any atom is -0.434 e. The Morgan fingerprint density at radius 3 is 2.42 bits per heavy atom. The van der Waals surface area contributed by atoms with Crippen molar-refractivity contribution in [3.63, 3.8) is 0 Å². The maximum atomic E-state index is 14.0. The summed E-state index contributed by atoms with van der Waals surface area (Å²) in [5.74, 6) is -1.71. The van der Waals surface area contributed by atoms with E-state index < -0.39 is 29.8 Å². The van der Waals surface area contributed by atoms with Gasteiger partial charge in [-0.25, -0.2) is 4.98 Å². The van der Waals surface area contributed by atoms with Gasteiger partial charge in [-0.3, -0.25) is 24.2 Å². The van der Waals surface area contributed by atoms with Crippen LogP contribution in [0.3, 0.4) is 0 Å². The number of nitrogens with two attached hydrogens (primary N) is 2. The van der Waals surface area contributed by atoms with Crippen molar-refractivity contribution >= 4 is 40.6 Å². The second kappa shape index (κ2) is 14.8. The van der Waals surface area contributed by atoms with Gasteiger partial charge in [-0.2, -0.15) is 0 Å². The molecule has 2 aromatic carbocycles. The van der Waals surface area contributed by atoms with Crippen LogP contribution in [0.4, 0.5) is 0 Å². The number of likely N-dealkylation sites (tertiary alicyclic amines) is 1. The molecule has 1 fully saturated rings. The van der Waals surface area contributed by atoms with Crippen molar-refractivity contribution in [1.82, 2.24) is 20.5 Å². The summed E-state index contributed by atoms with van der Waals surface area (Å²) < 4.78 is 5.70. The highest BCUT2D eigenvalue weighted by atomic mass is 16.4. The molecule has 0 unspecified atom stereocenters. The molecule has 6 N–H and O–H groups in total. The zero-order chi connectivity index (χ0) is 32.6. The van der Waals surface area contributed by atoms with E-state index in [9.17, 15) is 19.2 Å². The number of guanidine groups is 1. The quantitative estimate of drug-likeness (QED) is 0.0975. The van der Waals surface area contributed by atoms with Gasteiger partial charge >= 0.3 is 0 Å². The highest BCUT2D eigenvalue weighted by molar-refractivity contribution is 6.01. The van der Waals surface area contributed by atoms with E-state index in [2.05, 4.69) is 20.6 Å². The maximum absolute atomic E-state index is 14.0. The number of oxazole rings is 1. The lowest BCUT2D eigenvalue weighted by Crippen LogP contribution is -2.56. The predicted molar refractivity (Wildman–Crippen MR) is 171 cm³/mol. The Labute approximate surface area is 263 Å². The van der Waals surface area contributed by atoms with Crippen molar-refractivity contribution in [2.24, 2.45) is 21.9 Å². The summed E-state index contributed by atoms with van der Waals surface area (Å²) in [7, 11) is 0. The number of Topliss-reactive ketones (excluding diaryl/α,β-unsaturated/α-hetero) is 1. The highest BCUT2D eigenvalue weighted by Crippen LogP contribution is 2.23. The van der Waals surface area contributed by atoms with Crippen molar-refractivity contribution in [1.29, 1.82) is 0 Å². The van der Waals surface area contributed by atoms with Gasteiger partial charge in [0.15, 0.2) is 11.5 Å². The van der Waals surface area contributed by atoms with Gasteiger partial charge in [-0.15, -0.1) is 0 Å². The number of amides is 3. The number of benzene rings is 2. The first-order valence-electron chi connectivity index (χ1n) is 15.3. The van der Waals surface area contributed by atoms with E-state index in [4.69, 9.17) is 15.9 Å². The molecule has 3 atom stereocenters. The van der Waals surface area contributed by atoms with Crippen LogP contribution in [-0.4, -0.2) is 70.6 Å². The van der Waals surface area contributed by atoms with Gasteiger partial charge < -0.3 is 31.4 Å². The van der Waals surface area contributed by atoms with Crippen LogP contribution >= 0.6 is 0 Å². The lowest BCUT2D eigenvalue weighted by Gasteiger charge is -2.30. The van der Waals surface area contributed by atoms with E-state index >= 15 is 0 Å². The van der Waals surface area contributed by atoms with E-state index in [0.717, 1.165) is 5.56 Å². The van der Waals surface area contributed by atoms with Gasteiger partial charge in [0, 0.05) is 25.9 Å². The van der Waals surface area contributed by atoms with Gasteiger partial charge in [-0.05, 0) is 48.8 Å². The second-order valence-corrected chi connectivity index (χ2v) is 12.6. The smallest absolute Gasteiger partial charge is 0.266 e. The molecule has 0 spiro atoms. The molecular weight excluding hydrogens is 574 g/mol. The lowest BCUT2D eigenvalue weighted by atomic mass is 9.91. The molecule has 3 aromatic rings. The van der Waals surface area contributed by atoms with Crippen LogP contribution in [0.5, 0.6) is 0 Å². The summed E-state index contributed by atoms with van der Waals surface area (Å²) in [6.07, 6.45) is 2.18. The minimum atomic E-state index is -0.982. The van der Waals surface area contributed by atoms with Crippen LogP contribution in [0.1, 0.15) is 69.1 Å². The third-order valence-electron chi connectivity index (χ3n) is 7.53. The van der Waals surface area contributed by atoms with E-state index in [1.807, 2.05) is 51.1 Å². The van der Waals surface area contributed by atoms with Crippen molar-refractivity contribution in [2.45, 2.75) is 77.4 Å². The van der Waals surface area contributed by atoms with Gasteiger partial charge in [0.1, 0.15) is 17.6 Å². The van der Waals surface area contributed by atoms with Gasteiger partial charge in [0.05, 0.1) is 6.04 Å². The Bertz CT molecular complexity index is 1490. The van der Waals surface area contributed by atoms with E-state index in [1.54, 1.807) is 24.3 Å². The fraction of sp³-hybridized carbons (Fsp3) is 0.455. The van der Waals surface area contributed by atoms with Crippen LogP contribution in [0.2, 0.25) is 0 Å². The number of rotatable bonds is 13. The number of hydrogen-bond donors (Lipinski definition) is 4. The molecule has 4 rings (SSSR count). The Kier molecular flexibility index (Phi) is 10.9. The lowest BCUT2D eigenvalue weighted by molar-refractivity contribution is -0.141. The number of hydrogen-bond acceptors (Lipinski definition) is 7. The molecule has 1 aromatic heterocycles. The molecule has 240 valence electrons. The number of fused-ring (bicyclic) bond motifs is 1. The van der Waals surface area contributed by atoms with Gasteiger partial charge in [0.2, 0.25) is 23.5 Å². The number of carbonyl (C=O) groups excluding carboxylic acids is 4. The topological polar surface area (TPSA) is 186 Å². The molecule has 3 amide bonds. The molecule has 1 aliphatic heterocycles. The molecular formula is C33H43N7O5. The Hall–Kier alpha value is -4.74. The fourth-order valence-electron chi connectivity index (χ4n) is 5.45. The first-order valence-corrected chi connectivity index (χ1v) is 15.3. The van der Waals surface area contributed by atoms with E-state index in [-0.39, 0.29) is 54.9 Å². The Balaban J connectivity index is 1.52. The number of nitrogens with zero attached hydrogens (tertiary/aromatic N) is 3. The monoisotopic (exact) mass is 617 g/mol. The van der Waals surface area contributed by atoms with Gasteiger partial charge in [0.25, 0.3) is 5.89 Å². The molecule has 0 saturated carbocycles. The zero-order valence-corrected chi connectivity index (χ0v) is 26.1. The first-order chi connectivity index (χ1) is 21.4. The number of aromatic nitrogens is 1. The summed E-state index contributed by atoms with van der Waals surface area (Å²) in [4.78, 5) is 64.0. The third-order valence-corrected chi connectivity index (χ3v) is 7.53.